The van der Waals surface area contributed by atoms with Gasteiger partial charge in [0.25, 0.3) is 0 Å². The zero-order valence-corrected chi connectivity index (χ0v) is 12.0. The van der Waals surface area contributed by atoms with Gasteiger partial charge in [0.1, 0.15) is 0 Å². The van der Waals surface area contributed by atoms with Crippen LogP contribution >= 0.6 is 0 Å². The number of aliphatic hydroxyl groups excluding tert-OH is 1. The van der Waals surface area contributed by atoms with Crippen molar-refractivity contribution < 1.29 is 15.0 Å². The monoisotopic (exact) mass is 272 g/mol. The van der Waals surface area contributed by atoms with E-state index in [1.807, 2.05) is 0 Å². The highest BCUT2D eigenvalue weighted by Gasteiger charge is 2.27. The molecule has 1 saturated heterocycles. The zero-order valence-electron chi connectivity index (χ0n) is 12.0. The van der Waals surface area contributed by atoms with E-state index in [2.05, 4.69) is 17.1 Å². The second-order valence-electron chi connectivity index (χ2n) is 5.54. The number of aliphatic carboxylic acids is 1. The lowest BCUT2D eigenvalue weighted by atomic mass is 9.91. The minimum atomic E-state index is -0.698. The summed E-state index contributed by atoms with van der Waals surface area (Å²) in [6.45, 7) is 6.16. The van der Waals surface area contributed by atoms with Crippen molar-refractivity contribution in [3.63, 3.8) is 0 Å². The largest absolute Gasteiger partial charge is 0.481 e. The van der Waals surface area contributed by atoms with Crippen molar-refractivity contribution in [2.45, 2.75) is 45.1 Å². The number of carboxylic acids is 1. The lowest BCUT2D eigenvalue weighted by Crippen LogP contribution is -2.50. The summed E-state index contributed by atoms with van der Waals surface area (Å²) in [5, 5.41) is 21.2. The van der Waals surface area contributed by atoms with Gasteiger partial charge < -0.3 is 20.4 Å². The topological polar surface area (TPSA) is 72.8 Å². The minimum Gasteiger partial charge on any atom is -0.481 e. The van der Waals surface area contributed by atoms with E-state index in [-0.39, 0.29) is 18.9 Å². The van der Waals surface area contributed by atoms with Gasteiger partial charge in [0.2, 0.25) is 0 Å². The first-order valence-electron chi connectivity index (χ1n) is 7.44. The molecule has 3 N–H and O–H groups in total. The molecule has 1 aliphatic rings. The van der Waals surface area contributed by atoms with E-state index >= 15 is 0 Å². The quantitative estimate of drug-likeness (QED) is 0.544. The fourth-order valence-electron chi connectivity index (χ4n) is 2.80. The number of carboxylic acid groups (broad SMARTS) is 1. The zero-order chi connectivity index (χ0) is 14.1. The van der Waals surface area contributed by atoms with Gasteiger partial charge in [0.05, 0.1) is 0 Å². The van der Waals surface area contributed by atoms with Crippen molar-refractivity contribution in [3.8, 4) is 0 Å². The van der Waals surface area contributed by atoms with E-state index < -0.39 is 5.97 Å². The summed E-state index contributed by atoms with van der Waals surface area (Å²) in [5.41, 5.74) is 0. The molecule has 0 aromatic rings. The van der Waals surface area contributed by atoms with Gasteiger partial charge in [-0.25, -0.2) is 0 Å². The number of rotatable bonds is 9. The average Bonchev–Trinajstić information content (AvgIpc) is 2.36. The molecule has 0 aromatic heterocycles. The van der Waals surface area contributed by atoms with Gasteiger partial charge in [-0.15, -0.1) is 0 Å². The van der Waals surface area contributed by atoms with Crippen molar-refractivity contribution >= 4 is 5.97 Å². The Morgan fingerprint density at radius 3 is 2.79 bits per heavy atom. The first-order valence-corrected chi connectivity index (χ1v) is 7.44. The van der Waals surface area contributed by atoms with Crippen molar-refractivity contribution in [1.82, 2.24) is 10.2 Å². The maximum absolute atomic E-state index is 10.9. The number of unbranched alkanes of at least 4 members (excludes halogenated alkanes) is 1. The lowest BCUT2D eigenvalue weighted by molar-refractivity contribution is -0.138. The molecule has 1 fully saturated rings. The van der Waals surface area contributed by atoms with Gasteiger partial charge in [-0.3, -0.25) is 4.79 Å². The van der Waals surface area contributed by atoms with Crippen LogP contribution in [0.3, 0.4) is 0 Å². The predicted molar refractivity (Wildman–Crippen MR) is 75.2 cm³/mol. The molecule has 0 amide bonds. The highest BCUT2D eigenvalue weighted by atomic mass is 16.4. The highest BCUT2D eigenvalue weighted by Crippen LogP contribution is 2.20. The fourth-order valence-corrected chi connectivity index (χ4v) is 2.80. The average molecular weight is 272 g/mol. The van der Waals surface area contributed by atoms with Crippen molar-refractivity contribution in [2.75, 3.05) is 32.8 Å². The van der Waals surface area contributed by atoms with Crippen LogP contribution in [0.2, 0.25) is 0 Å². The summed E-state index contributed by atoms with van der Waals surface area (Å²) in [4.78, 5) is 13.3. The molecule has 5 nitrogen and oxygen atoms in total. The van der Waals surface area contributed by atoms with Crippen LogP contribution in [-0.2, 0) is 4.79 Å². The molecular formula is C14H28N2O3. The number of nitrogens with zero attached hydrogens (tertiary/aromatic N) is 1. The van der Waals surface area contributed by atoms with Crippen molar-refractivity contribution in [1.29, 1.82) is 0 Å². The van der Waals surface area contributed by atoms with Gasteiger partial charge >= 0.3 is 5.97 Å². The number of carbonyl (C=O) groups is 1. The van der Waals surface area contributed by atoms with E-state index in [1.165, 1.54) is 12.8 Å². The van der Waals surface area contributed by atoms with E-state index in [1.54, 1.807) is 0 Å². The minimum absolute atomic E-state index is 0.206. The van der Waals surface area contributed by atoms with E-state index in [9.17, 15) is 4.79 Å². The second-order valence-corrected chi connectivity index (χ2v) is 5.54. The van der Waals surface area contributed by atoms with Gasteiger partial charge in [0.15, 0.2) is 0 Å². The lowest BCUT2D eigenvalue weighted by Gasteiger charge is -2.38. The molecule has 5 heteroatoms. The number of hydrogen-bond donors (Lipinski definition) is 3. The van der Waals surface area contributed by atoms with Gasteiger partial charge in [-0.2, -0.15) is 0 Å². The summed E-state index contributed by atoms with van der Waals surface area (Å²) in [7, 11) is 0. The third kappa shape index (κ3) is 6.89. The summed E-state index contributed by atoms with van der Waals surface area (Å²) in [6, 6.07) is 0.363. The highest BCUT2D eigenvalue weighted by molar-refractivity contribution is 5.67. The number of likely N-dealkylation sites (tertiary alicyclic amines) is 1. The summed E-state index contributed by atoms with van der Waals surface area (Å²) >= 11 is 0. The predicted octanol–water partition coefficient (Wildman–Crippen LogP) is 0.924. The first-order chi connectivity index (χ1) is 9.15. The molecule has 0 saturated carbocycles. The Kier molecular flexibility index (Phi) is 8.02. The molecule has 0 bridgehead atoms. The molecule has 0 aromatic carbocycles. The molecule has 2 unspecified atom stereocenters. The molecule has 0 spiro atoms. The van der Waals surface area contributed by atoms with E-state index in [4.69, 9.17) is 10.2 Å². The Bertz CT molecular complexity index is 261. The normalized spacial score (nSPS) is 24.5. The van der Waals surface area contributed by atoms with Crippen LogP contribution in [0.25, 0.3) is 0 Å². The third-order valence-electron chi connectivity index (χ3n) is 3.67. The molecular weight excluding hydrogens is 244 g/mol. The maximum Gasteiger partial charge on any atom is 0.303 e. The third-order valence-corrected chi connectivity index (χ3v) is 3.67. The summed E-state index contributed by atoms with van der Waals surface area (Å²) in [5.74, 6) is -0.453. The Labute approximate surface area is 116 Å². The standard InChI is InChI=1S/C14H28N2O3/c1-2-3-6-16-10-12(9-14(18)19)8-13(11-16)15-5-4-7-17/h12-13,15,17H,2-11H2,1H3,(H,18,19). The number of hydrogen-bond acceptors (Lipinski definition) is 4. The molecule has 19 heavy (non-hydrogen) atoms. The molecule has 2 atom stereocenters. The Hall–Kier alpha value is -0.650. The molecule has 0 aliphatic carbocycles. The Morgan fingerprint density at radius 1 is 1.37 bits per heavy atom. The summed E-state index contributed by atoms with van der Waals surface area (Å²) < 4.78 is 0. The van der Waals surface area contributed by atoms with Crippen LogP contribution < -0.4 is 5.32 Å². The van der Waals surface area contributed by atoms with Crippen LogP contribution in [0, 0.1) is 5.92 Å². The van der Waals surface area contributed by atoms with Crippen molar-refractivity contribution in [2.24, 2.45) is 5.92 Å². The van der Waals surface area contributed by atoms with Crippen LogP contribution in [-0.4, -0.2) is 59.9 Å². The van der Waals surface area contributed by atoms with Gasteiger partial charge in [-0.1, -0.05) is 13.3 Å². The molecule has 112 valence electrons. The Balaban J connectivity index is 2.43. The number of nitrogens with one attached hydrogen (secondary N) is 1. The van der Waals surface area contributed by atoms with Gasteiger partial charge in [-0.05, 0) is 38.3 Å². The maximum atomic E-state index is 10.9. The second kappa shape index (κ2) is 9.28. The van der Waals surface area contributed by atoms with Crippen LogP contribution in [0.1, 0.15) is 39.0 Å². The number of aliphatic hydroxyl groups is 1. The molecule has 1 rings (SSSR count). The molecule has 1 heterocycles. The van der Waals surface area contributed by atoms with Crippen LogP contribution in [0.4, 0.5) is 0 Å². The molecule has 0 radical (unpaired) electrons. The summed E-state index contributed by atoms with van der Waals surface area (Å²) in [6.07, 6.45) is 4.29. The van der Waals surface area contributed by atoms with Gasteiger partial charge in [0, 0.05) is 32.2 Å². The van der Waals surface area contributed by atoms with Crippen molar-refractivity contribution in [3.05, 3.63) is 0 Å². The Morgan fingerprint density at radius 2 is 2.16 bits per heavy atom. The van der Waals surface area contributed by atoms with Crippen LogP contribution in [0.5, 0.6) is 0 Å². The van der Waals surface area contributed by atoms with Crippen LogP contribution in [0.15, 0.2) is 0 Å². The SMILES string of the molecule is CCCCN1CC(CC(=O)O)CC(NCCCO)C1. The number of piperidine rings is 1. The van der Waals surface area contributed by atoms with E-state index in [0.29, 0.717) is 6.04 Å². The molecule has 1 aliphatic heterocycles. The van der Waals surface area contributed by atoms with E-state index in [0.717, 1.165) is 39.0 Å². The first kappa shape index (κ1) is 16.4. The fraction of sp³-hybridized carbons (Fsp3) is 0.929. The smallest absolute Gasteiger partial charge is 0.303 e.